The van der Waals surface area contributed by atoms with Gasteiger partial charge in [-0.2, -0.15) is 18.2 Å². The van der Waals surface area contributed by atoms with E-state index in [1.54, 1.807) is 12.1 Å². The van der Waals surface area contributed by atoms with E-state index in [0.29, 0.717) is 28.7 Å². The van der Waals surface area contributed by atoms with Crippen molar-refractivity contribution in [3.63, 3.8) is 0 Å². The molecule has 29 heavy (non-hydrogen) atoms. The van der Waals surface area contributed by atoms with Crippen LogP contribution in [0.2, 0.25) is 0 Å². The molecule has 0 spiro atoms. The number of nitrogens with zero attached hydrogens (tertiary/aromatic N) is 3. The number of anilines is 1. The minimum Gasteiger partial charge on any atom is -0.496 e. The van der Waals surface area contributed by atoms with Crippen LogP contribution in [0.5, 0.6) is 5.75 Å². The summed E-state index contributed by atoms with van der Waals surface area (Å²) in [6.07, 6.45) is -4.29. The van der Waals surface area contributed by atoms with Gasteiger partial charge in [0.1, 0.15) is 5.75 Å². The van der Waals surface area contributed by atoms with Gasteiger partial charge in [-0.15, -0.1) is 0 Å². The Morgan fingerprint density at radius 3 is 2.55 bits per heavy atom. The monoisotopic (exact) mass is 403 g/mol. The van der Waals surface area contributed by atoms with Crippen LogP contribution in [0.1, 0.15) is 23.8 Å². The molecule has 0 bridgehead atoms. The molecule has 2 heterocycles. The van der Waals surface area contributed by atoms with Crippen molar-refractivity contribution >= 4 is 11.6 Å². The third kappa shape index (κ3) is 3.67. The number of para-hydroxylation sites is 1. The summed E-state index contributed by atoms with van der Waals surface area (Å²) in [6, 6.07) is 11.7. The molecule has 0 radical (unpaired) electrons. The Morgan fingerprint density at radius 1 is 1.14 bits per heavy atom. The minimum absolute atomic E-state index is 0.134. The van der Waals surface area contributed by atoms with Gasteiger partial charge in [0.05, 0.1) is 24.2 Å². The van der Waals surface area contributed by atoms with Crippen molar-refractivity contribution in [2.45, 2.75) is 18.5 Å². The first-order chi connectivity index (χ1) is 13.9. The van der Waals surface area contributed by atoms with Gasteiger partial charge in [-0.3, -0.25) is 4.79 Å². The first kappa shape index (κ1) is 19.0. The molecule has 1 saturated heterocycles. The highest BCUT2D eigenvalue weighted by atomic mass is 19.4. The molecule has 150 valence electrons. The summed E-state index contributed by atoms with van der Waals surface area (Å²) >= 11 is 0. The van der Waals surface area contributed by atoms with Crippen LogP contribution >= 0.6 is 0 Å². The number of ether oxygens (including phenoxy) is 1. The summed E-state index contributed by atoms with van der Waals surface area (Å²) in [6.45, 7) is 0.248. The van der Waals surface area contributed by atoms with E-state index in [0.717, 1.165) is 12.1 Å². The number of alkyl halides is 3. The van der Waals surface area contributed by atoms with Crippen molar-refractivity contribution in [3.8, 4) is 17.1 Å². The van der Waals surface area contributed by atoms with Crippen molar-refractivity contribution in [2.75, 3.05) is 18.6 Å². The van der Waals surface area contributed by atoms with Crippen molar-refractivity contribution < 1.29 is 27.2 Å². The first-order valence-electron chi connectivity index (χ1n) is 8.81. The molecule has 1 aliphatic rings. The second-order valence-electron chi connectivity index (χ2n) is 6.61. The van der Waals surface area contributed by atoms with Crippen LogP contribution in [0.3, 0.4) is 0 Å². The lowest BCUT2D eigenvalue weighted by Gasteiger charge is -2.17. The number of hydrogen-bond donors (Lipinski definition) is 0. The normalized spacial score (nSPS) is 17.0. The van der Waals surface area contributed by atoms with Crippen LogP contribution in [0.4, 0.5) is 18.9 Å². The first-order valence-corrected chi connectivity index (χ1v) is 8.81. The molecule has 3 aromatic rings. The number of carbonyl (C=O) groups excluding carboxylic acids is 1. The van der Waals surface area contributed by atoms with E-state index in [1.807, 2.05) is 12.1 Å². The van der Waals surface area contributed by atoms with E-state index in [1.165, 1.54) is 24.1 Å². The van der Waals surface area contributed by atoms with Gasteiger partial charge in [-0.1, -0.05) is 17.3 Å². The van der Waals surface area contributed by atoms with Crippen LogP contribution in [-0.4, -0.2) is 29.7 Å². The van der Waals surface area contributed by atoms with Gasteiger partial charge in [0.15, 0.2) is 0 Å². The summed E-state index contributed by atoms with van der Waals surface area (Å²) in [4.78, 5) is 18.2. The fraction of sp³-hybridized carbons (Fsp3) is 0.250. The number of halogens is 3. The van der Waals surface area contributed by atoms with Crippen LogP contribution in [-0.2, 0) is 11.0 Å². The molecule has 1 aliphatic heterocycles. The molecule has 0 N–H and O–H groups in total. The quantitative estimate of drug-likeness (QED) is 0.650. The van der Waals surface area contributed by atoms with Crippen LogP contribution in [0, 0.1) is 0 Å². The highest BCUT2D eigenvalue weighted by Gasteiger charge is 2.36. The number of rotatable bonds is 4. The van der Waals surface area contributed by atoms with Gasteiger partial charge in [-0.25, -0.2) is 0 Å². The zero-order chi connectivity index (χ0) is 20.6. The molecule has 9 heteroatoms. The molecular weight excluding hydrogens is 387 g/mol. The lowest BCUT2D eigenvalue weighted by atomic mass is 10.1. The Morgan fingerprint density at radius 2 is 1.86 bits per heavy atom. The largest absolute Gasteiger partial charge is 0.496 e. The van der Waals surface area contributed by atoms with Crippen LogP contribution in [0.15, 0.2) is 53.1 Å². The van der Waals surface area contributed by atoms with E-state index in [2.05, 4.69) is 10.1 Å². The highest BCUT2D eigenvalue weighted by Crippen LogP contribution is 2.35. The van der Waals surface area contributed by atoms with E-state index < -0.39 is 11.7 Å². The number of carbonyl (C=O) groups is 1. The molecule has 2 aromatic carbocycles. The molecule has 0 aliphatic carbocycles. The fourth-order valence-corrected chi connectivity index (χ4v) is 3.29. The summed E-state index contributed by atoms with van der Waals surface area (Å²) in [5, 5.41) is 3.98. The molecule has 0 saturated carbocycles. The third-order valence-corrected chi connectivity index (χ3v) is 4.77. The van der Waals surface area contributed by atoms with E-state index >= 15 is 0 Å². The predicted octanol–water partition coefficient (Wildman–Crippen LogP) is 4.28. The lowest BCUT2D eigenvalue weighted by Crippen LogP contribution is -2.24. The standard InChI is InChI=1S/C20H16F3N3O3/c1-28-16-5-3-2-4-15(16)18-24-19(29-25-18)12-10-17(27)26(11-12)14-8-6-13(7-9-14)20(21,22)23/h2-9,12H,10-11H2,1H3. The zero-order valence-corrected chi connectivity index (χ0v) is 15.3. The summed E-state index contributed by atoms with van der Waals surface area (Å²) in [5.74, 6) is 0.674. The average molecular weight is 403 g/mol. The lowest BCUT2D eigenvalue weighted by molar-refractivity contribution is -0.137. The molecule has 1 atom stereocenters. The number of amides is 1. The second kappa shape index (κ2) is 7.23. The summed E-state index contributed by atoms with van der Waals surface area (Å²) in [7, 11) is 1.54. The Kier molecular flexibility index (Phi) is 4.73. The molecular formula is C20H16F3N3O3. The van der Waals surface area contributed by atoms with Crippen molar-refractivity contribution in [2.24, 2.45) is 0 Å². The topological polar surface area (TPSA) is 68.5 Å². The predicted molar refractivity (Wildman–Crippen MR) is 97.4 cm³/mol. The average Bonchev–Trinajstić information content (AvgIpc) is 3.34. The van der Waals surface area contributed by atoms with Gasteiger partial charge in [-0.05, 0) is 36.4 Å². The van der Waals surface area contributed by atoms with E-state index in [9.17, 15) is 18.0 Å². The summed E-state index contributed by atoms with van der Waals surface area (Å²) < 4.78 is 48.9. The maximum Gasteiger partial charge on any atom is 0.416 e. The zero-order valence-electron chi connectivity index (χ0n) is 15.3. The maximum atomic E-state index is 12.7. The SMILES string of the molecule is COc1ccccc1-c1noc(C2CC(=O)N(c3ccc(C(F)(F)F)cc3)C2)n1. The third-order valence-electron chi connectivity index (χ3n) is 4.77. The second-order valence-corrected chi connectivity index (χ2v) is 6.61. The van der Waals surface area contributed by atoms with Crippen LogP contribution in [0.25, 0.3) is 11.4 Å². The number of methoxy groups -OCH3 is 1. The number of benzene rings is 2. The fourth-order valence-electron chi connectivity index (χ4n) is 3.29. The van der Waals surface area contributed by atoms with Gasteiger partial charge < -0.3 is 14.2 Å². The maximum absolute atomic E-state index is 12.7. The van der Waals surface area contributed by atoms with E-state index in [4.69, 9.17) is 9.26 Å². The molecule has 1 unspecified atom stereocenters. The molecule has 1 amide bonds. The molecule has 4 rings (SSSR count). The van der Waals surface area contributed by atoms with Crippen molar-refractivity contribution in [1.29, 1.82) is 0 Å². The Labute approximate surface area is 163 Å². The van der Waals surface area contributed by atoms with Crippen molar-refractivity contribution in [1.82, 2.24) is 10.1 Å². The summed E-state index contributed by atoms with van der Waals surface area (Å²) in [5.41, 5.74) is 0.298. The Hall–Kier alpha value is -3.36. The molecule has 1 fully saturated rings. The highest BCUT2D eigenvalue weighted by molar-refractivity contribution is 5.96. The van der Waals surface area contributed by atoms with Crippen molar-refractivity contribution in [3.05, 3.63) is 60.0 Å². The molecule has 1 aromatic heterocycles. The van der Waals surface area contributed by atoms with E-state index in [-0.39, 0.29) is 24.8 Å². The number of aromatic nitrogens is 2. The van der Waals surface area contributed by atoms with Gasteiger partial charge >= 0.3 is 6.18 Å². The Balaban J connectivity index is 1.54. The van der Waals surface area contributed by atoms with Gasteiger partial charge in [0.25, 0.3) is 0 Å². The molecule has 6 nitrogen and oxygen atoms in total. The van der Waals surface area contributed by atoms with Gasteiger partial charge in [0, 0.05) is 18.7 Å². The minimum atomic E-state index is -4.42. The smallest absolute Gasteiger partial charge is 0.416 e. The van der Waals surface area contributed by atoms with Gasteiger partial charge in [0.2, 0.25) is 17.6 Å². The number of hydrogen-bond acceptors (Lipinski definition) is 5. The Bertz CT molecular complexity index is 1030. The van der Waals surface area contributed by atoms with Crippen LogP contribution < -0.4 is 9.64 Å².